The van der Waals surface area contributed by atoms with Crippen LogP contribution in [0.5, 0.6) is 0 Å². The Morgan fingerprint density at radius 2 is 2.28 bits per heavy atom. The van der Waals surface area contributed by atoms with Gasteiger partial charge in [-0.1, -0.05) is 6.92 Å². The number of aliphatic hydroxyl groups excluding tert-OH is 1. The van der Waals surface area contributed by atoms with Crippen molar-refractivity contribution in [3.63, 3.8) is 0 Å². The Morgan fingerprint density at radius 1 is 1.56 bits per heavy atom. The first-order valence-corrected chi connectivity index (χ1v) is 6.99. The average molecular weight is 363 g/mol. The monoisotopic (exact) mass is 363 g/mol. The van der Waals surface area contributed by atoms with E-state index in [9.17, 15) is 14.3 Å². The molecule has 0 saturated carbocycles. The summed E-state index contributed by atoms with van der Waals surface area (Å²) in [6, 6.07) is 4.14. The van der Waals surface area contributed by atoms with E-state index in [-0.39, 0.29) is 17.6 Å². The van der Waals surface area contributed by atoms with Gasteiger partial charge in [0.15, 0.2) is 0 Å². The number of carbonyl (C=O) groups excluding carboxylic acids is 1. The molecule has 2 unspecified atom stereocenters. The van der Waals surface area contributed by atoms with Crippen molar-refractivity contribution in [2.24, 2.45) is 5.92 Å². The van der Waals surface area contributed by atoms with E-state index >= 15 is 0 Å². The zero-order valence-corrected chi connectivity index (χ0v) is 12.2. The minimum atomic E-state index is -0.471. The highest BCUT2D eigenvalue weighted by Gasteiger charge is 2.28. The Morgan fingerprint density at radius 3 is 2.89 bits per heavy atom. The molecule has 1 aliphatic rings. The number of hydrogen-bond acceptors (Lipinski definition) is 2. The third-order valence-corrected chi connectivity index (χ3v) is 4.26. The van der Waals surface area contributed by atoms with Gasteiger partial charge in [0, 0.05) is 16.7 Å². The van der Waals surface area contributed by atoms with Crippen molar-refractivity contribution in [1.82, 2.24) is 4.90 Å². The van der Waals surface area contributed by atoms with E-state index in [0.29, 0.717) is 22.2 Å². The molecule has 1 aromatic carbocycles. The van der Waals surface area contributed by atoms with Crippen LogP contribution in [0.25, 0.3) is 0 Å². The summed E-state index contributed by atoms with van der Waals surface area (Å²) in [7, 11) is 0. The number of piperidine rings is 1. The Balaban J connectivity index is 2.16. The molecule has 98 valence electrons. The SMILES string of the molecule is CC1CCN(C(=O)c2ccc(F)cc2I)CC1O. The minimum Gasteiger partial charge on any atom is -0.391 e. The molecule has 0 bridgehead atoms. The van der Waals surface area contributed by atoms with Crippen LogP contribution in [0.4, 0.5) is 4.39 Å². The summed E-state index contributed by atoms with van der Waals surface area (Å²) in [5, 5.41) is 9.80. The van der Waals surface area contributed by atoms with Crippen LogP contribution in [0, 0.1) is 15.3 Å². The Kier molecular flexibility index (Phi) is 4.21. The lowest BCUT2D eigenvalue weighted by molar-refractivity contribution is 0.0248. The number of hydrogen-bond donors (Lipinski definition) is 1. The van der Waals surface area contributed by atoms with Crippen LogP contribution in [0.15, 0.2) is 18.2 Å². The van der Waals surface area contributed by atoms with Crippen LogP contribution in [-0.4, -0.2) is 35.1 Å². The van der Waals surface area contributed by atoms with Gasteiger partial charge in [0.2, 0.25) is 0 Å². The fourth-order valence-electron chi connectivity index (χ4n) is 2.07. The van der Waals surface area contributed by atoms with Crippen molar-refractivity contribution in [3.05, 3.63) is 33.1 Å². The number of halogens is 2. The maximum atomic E-state index is 13.0. The highest BCUT2D eigenvalue weighted by molar-refractivity contribution is 14.1. The molecule has 3 nitrogen and oxygen atoms in total. The topological polar surface area (TPSA) is 40.5 Å². The van der Waals surface area contributed by atoms with Crippen LogP contribution in [0.3, 0.4) is 0 Å². The van der Waals surface area contributed by atoms with Crippen molar-refractivity contribution in [2.75, 3.05) is 13.1 Å². The maximum absolute atomic E-state index is 13.0. The predicted molar refractivity (Wildman–Crippen MR) is 74.8 cm³/mol. The summed E-state index contributed by atoms with van der Waals surface area (Å²) >= 11 is 1.96. The highest BCUT2D eigenvalue weighted by Crippen LogP contribution is 2.21. The molecule has 0 spiro atoms. The first-order valence-electron chi connectivity index (χ1n) is 5.91. The molecule has 5 heteroatoms. The largest absolute Gasteiger partial charge is 0.391 e. The molecule has 1 fully saturated rings. The standard InChI is InChI=1S/C13H15FINO2/c1-8-4-5-16(7-12(8)17)13(18)10-3-2-9(14)6-11(10)15/h2-3,6,8,12,17H,4-5,7H2,1H3. The van der Waals surface area contributed by atoms with Gasteiger partial charge in [-0.15, -0.1) is 0 Å². The van der Waals surface area contributed by atoms with Crippen molar-refractivity contribution in [2.45, 2.75) is 19.4 Å². The Labute approximate surface area is 119 Å². The Bertz CT molecular complexity index is 466. The molecule has 1 saturated heterocycles. The number of rotatable bonds is 1. The van der Waals surface area contributed by atoms with Crippen molar-refractivity contribution < 1.29 is 14.3 Å². The lowest BCUT2D eigenvalue weighted by Gasteiger charge is -2.34. The molecule has 0 aromatic heterocycles. The molecule has 1 aliphatic heterocycles. The quantitative estimate of drug-likeness (QED) is 0.778. The van der Waals surface area contributed by atoms with Crippen LogP contribution in [0.1, 0.15) is 23.7 Å². The smallest absolute Gasteiger partial charge is 0.255 e. The van der Waals surface area contributed by atoms with Gasteiger partial charge in [0.1, 0.15) is 5.82 Å². The highest BCUT2D eigenvalue weighted by atomic mass is 127. The molecule has 2 rings (SSSR count). The van der Waals surface area contributed by atoms with Gasteiger partial charge in [-0.25, -0.2) is 4.39 Å². The van der Waals surface area contributed by atoms with Gasteiger partial charge in [0.05, 0.1) is 11.7 Å². The zero-order valence-electron chi connectivity index (χ0n) is 10.1. The van der Waals surface area contributed by atoms with E-state index in [0.717, 1.165) is 6.42 Å². The number of benzene rings is 1. The number of amides is 1. The van der Waals surface area contributed by atoms with Crippen molar-refractivity contribution in [3.8, 4) is 0 Å². The van der Waals surface area contributed by atoms with E-state index in [1.54, 1.807) is 4.90 Å². The second kappa shape index (κ2) is 5.52. The molecular formula is C13H15FINO2. The second-order valence-electron chi connectivity index (χ2n) is 4.71. The average Bonchev–Trinajstić information content (AvgIpc) is 2.32. The number of nitrogens with zero attached hydrogens (tertiary/aromatic N) is 1. The van der Waals surface area contributed by atoms with Gasteiger partial charge in [-0.05, 0) is 53.1 Å². The van der Waals surface area contributed by atoms with E-state index in [1.165, 1.54) is 18.2 Å². The van der Waals surface area contributed by atoms with E-state index in [1.807, 2.05) is 29.5 Å². The van der Waals surface area contributed by atoms with Gasteiger partial charge in [-0.3, -0.25) is 4.79 Å². The first kappa shape index (κ1) is 13.7. The van der Waals surface area contributed by atoms with Crippen LogP contribution in [0.2, 0.25) is 0 Å². The molecule has 0 radical (unpaired) electrons. The van der Waals surface area contributed by atoms with Crippen molar-refractivity contribution in [1.29, 1.82) is 0 Å². The number of carbonyl (C=O) groups is 1. The van der Waals surface area contributed by atoms with Crippen LogP contribution in [-0.2, 0) is 0 Å². The Hall–Kier alpha value is -0.690. The second-order valence-corrected chi connectivity index (χ2v) is 5.87. The summed E-state index contributed by atoms with van der Waals surface area (Å²) in [5.74, 6) is -0.255. The minimum absolute atomic E-state index is 0.134. The summed E-state index contributed by atoms with van der Waals surface area (Å²) < 4.78 is 13.6. The van der Waals surface area contributed by atoms with Gasteiger partial charge < -0.3 is 10.0 Å². The summed E-state index contributed by atoms with van der Waals surface area (Å²) in [5.41, 5.74) is 0.499. The van der Waals surface area contributed by atoms with Crippen molar-refractivity contribution >= 4 is 28.5 Å². The van der Waals surface area contributed by atoms with E-state index < -0.39 is 6.10 Å². The van der Waals surface area contributed by atoms with E-state index in [2.05, 4.69) is 0 Å². The number of aliphatic hydroxyl groups is 1. The fourth-order valence-corrected chi connectivity index (χ4v) is 2.77. The number of likely N-dealkylation sites (tertiary alicyclic amines) is 1. The summed E-state index contributed by atoms with van der Waals surface area (Å²) in [4.78, 5) is 13.9. The third-order valence-electron chi connectivity index (χ3n) is 3.37. The molecule has 1 aromatic rings. The maximum Gasteiger partial charge on any atom is 0.255 e. The normalized spacial score (nSPS) is 24.1. The van der Waals surface area contributed by atoms with Gasteiger partial charge in [0.25, 0.3) is 5.91 Å². The summed E-state index contributed by atoms with van der Waals surface area (Å²) in [6.45, 7) is 2.98. The molecule has 1 amide bonds. The molecule has 1 heterocycles. The van der Waals surface area contributed by atoms with Crippen LogP contribution < -0.4 is 0 Å². The van der Waals surface area contributed by atoms with Gasteiger partial charge in [-0.2, -0.15) is 0 Å². The first-order chi connectivity index (χ1) is 8.49. The summed E-state index contributed by atoms with van der Waals surface area (Å²) in [6.07, 6.45) is 0.325. The molecule has 18 heavy (non-hydrogen) atoms. The molecule has 2 atom stereocenters. The predicted octanol–water partition coefficient (Wildman–Crippen LogP) is 2.27. The molecular weight excluding hydrogens is 348 g/mol. The molecule has 1 N–H and O–H groups in total. The zero-order chi connectivity index (χ0) is 13.3. The molecule has 0 aliphatic carbocycles. The van der Waals surface area contributed by atoms with E-state index in [4.69, 9.17) is 0 Å². The lowest BCUT2D eigenvalue weighted by Crippen LogP contribution is -2.46. The lowest BCUT2D eigenvalue weighted by atomic mass is 9.95. The third kappa shape index (κ3) is 2.83. The van der Waals surface area contributed by atoms with Gasteiger partial charge >= 0.3 is 0 Å². The fraction of sp³-hybridized carbons (Fsp3) is 0.462. The number of β-amino-alcohol motifs (C(OH)–C–C–N with tert-alkyl or cyclic N) is 1. The van der Waals surface area contributed by atoms with Crippen LogP contribution >= 0.6 is 22.6 Å².